The number of alkyl halides is 3. The van der Waals surface area contributed by atoms with Crippen LogP contribution in [0.5, 0.6) is 5.75 Å². The molecule has 0 spiro atoms. The molecule has 0 radical (unpaired) electrons. The van der Waals surface area contributed by atoms with E-state index in [4.69, 9.17) is 0 Å². The van der Waals surface area contributed by atoms with Crippen LogP contribution in [0.3, 0.4) is 0 Å². The molecule has 0 saturated carbocycles. The number of nitrogens with zero attached hydrogens (tertiary/aromatic N) is 1. The molecule has 0 heterocycles. The van der Waals surface area contributed by atoms with Crippen molar-refractivity contribution in [3.8, 4) is 5.75 Å². The monoisotopic (exact) mass is 469 g/mol. The fraction of sp³-hybridized carbons (Fsp3) is 0.259. The lowest BCUT2D eigenvalue weighted by Gasteiger charge is -2.23. The number of halogens is 3. The number of Topliss-reactive ketones (excluding diaryl/α,β-unsaturated/α-hetero) is 1. The van der Waals surface area contributed by atoms with E-state index in [1.54, 1.807) is 41.3 Å². The number of rotatable bonds is 10. The number of unbranched alkanes of at least 4 members (excludes halogenated alkanes) is 1. The van der Waals surface area contributed by atoms with Gasteiger partial charge in [0.05, 0.1) is 5.56 Å². The summed E-state index contributed by atoms with van der Waals surface area (Å²) in [4.78, 5) is 26.8. The summed E-state index contributed by atoms with van der Waals surface area (Å²) in [7, 11) is 0. The fourth-order valence-electron chi connectivity index (χ4n) is 3.56. The zero-order valence-electron chi connectivity index (χ0n) is 18.6. The second-order valence-corrected chi connectivity index (χ2v) is 8.11. The van der Waals surface area contributed by atoms with Crippen molar-refractivity contribution in [2.75, 3.05) is 0 Å². The van der Waals surface area contributed by atoms with Crippen LogP contribution in [0.25, 0.3) is 0 Å². The van der Waals surface area contributed by atoms with Gasteiger partial charge in [0.2, 0.25) is 5.91 Å². The van der Waals surface area contributed by atoms with Crippen molar-refractivity contribution in [2.24, 2.45) is 0 Å². The lowest BCUT2D eigenvalue weighted by molar-refractivity contribution is -0.137. The number of hydrogen-bond donors (Lipinski definition) is 1. The Morgan fingerprint density at radius 3 is 1.82 bits per heavy atom. The van der Waals surface area contributed by atoms with Crippen LogP contribution in [0.1, 0.15) is 52.7 Å². The molecule has 0 aromatic heterocycles. The number of hydrogen-bond acceptors (Lipinski definition) is 3. The number of amides is 1. The summed E-state index contributed by atoms with van der Waals surface area (Å²) < 4.78 is 38.6. The standard InChI is InChI=1S/C27H26F3NO3/c28-27(29,30)23-14-10-20(11-15-23)18-31(19-21-12-16-24(32)17-13-21)26(34)9-5-4-8-25(33)22-6-2-1-3-7-22/h1-3,6-7,10-17,32H,4-5,8-9,18-19H2. The van der Waals surface area contributed by atoms with Gasteiger partial charge in [-0.05, 0) is 48.2 Å². The van der Waals surface area contributed by atoms with Crippen molar-refractivity contribution in [1.82, 2.24) is 4.90 Å². The first-order chi connectivity index (χ1) is 16.2. The molecule has 7 heteroatoms. The van der Waals surface area contributed by atoms with Crippen LogP contribution in [-0.2, 0) is 24.1 Å². The van der Waals surface area contributed by atoms with Crippen LogP contribution >= 0.6 is 0 Å². The van der Waals surface area contributed by atoms with Crippen molar-refractivity contribution in [2.45, 2.75) is 44.9 Å². The van der Waals surface area contributed by atoms with Crippen LogP contribution < -0.4 is 0 Å². The summed E-state index contributed by atoms with van der Waals surface area (Å²) in [5, 5.41) is 9.50. The molecule has 0 aliphatic heterocycles. The number of ketones is 1. The molecule has 0 bridgehead atoms. The maximum atomic E-state index is 13.0. The van der Waals surface area contributed by atoms with Gasteiger partial charge in [-0.3, -0.25) is 9.59 Å². The zero-order chi connectivity index (χ0) is 24.6. The van der Waals surface area contributed by atoms with E-state index in [1.165, 1.54) is 24.3 Å². The highest BCUT2D eigenvalue weighted by molar-refractivity contribution is 5.95. The van der Waals surface area contributed by atoms with E-state index < -0.39 is 11.7 Å². The fourth-order valence-corrected chi connectivity index (χ4v) is 3.56. The van der Waals surface area contributed by atoms with E-state index >= 15 is 0 Å². The van der Waals surface area contributed by atoms with Crippen molar-refractivity contribution >= 4 is 11.7 Å². The molecule has 3 aromatic carbocycles. The quantitative estimate of drug-likeness (QED) is 0.277. The van der Waals surface area contributed by atoms with Crippen molar-refractivity contribution in [1.29, 1.82) is 0 Å². The lowest BCUT2D eigenvalue weighted by atomic mass is 10.0. The molecule has 34 heavy (non-hydrogen) atoms. The molecule has 0 aliphatic carbocycles. The van der Waals surface area contributed by atoms with Crippen LogP contribution in [0.15, 0.2) is 78.9 Å². The predicted octanol–water partition coefficient (Wildman–Crippen LogP) is 6.38. The van der Waals surface area contributed by atoms with Gasteiger partial charge in [-0.2, -0.15) is 13.2 Å². The van der Waals surface area contributed by atoms with E-state index in [1.807, 2.05) is 6.07 Å². The highest BCUT2D eigenvalue weighted by atomic mass is 19.4. The minimum Gasteiger partial charge on any atom is -0.508 e. The molecule has 1 amide bonds. The smallest absolute Gasteiger partial charge is 0.416 e. The molecular weight excluding hydrogens is 443 g/mol. The average molecular weight is 470 g/mol. The Hall–Kier alpha value is -3.61. The third-order valence-corrected chi connectivity index (χ3v) is 5.46. The summed E-state index contributed by atoms with van der Waals surface area (Å²) in [6.45, 7) is 0.407. The second-order valence-electron chi connectivity index (χ2n) is 8.11. The Labute approximate surface area is 196 Å². The first kappa shape index (κ1) is 25.0. The van der Waals surface area contributed by atoms with E-state index in [0.717, 1.165) is 17.7 Å². The third-order valence-electron chi connectivity index (χ3n) is 5.46. The number of carbonyl (C=O) groups is 2. The molecular formula is C27H26F3NO3. The van der Waals surface area contributed by atoms with Gasteiger partial charge in [0, 0.05) is 31.5 Å². The molecule has 0 fully saturated rings. The number of aromatic hydroxyl groups is 1. The molecule has 4 nitrogen and oxygen atoms in total. The first-order valence-corrected chi connectivity index (χ1v) is 11.0. The summed E-state index contributed by atoms with van der Waals surface area (Å²) in [5.41, 5.74) is 1.28. The van der Waals surface area contributed by atoms with E-state index in [9.17, 15) is 27.9 Å². The maximum Gasteiger partial charge on any atom is 0.416 e. The largest absolute Gasteiger partial charge is 0.508 e. The Kier molecular flexibility index (Phi) is 8.46. The van der Waals surface area contributed by atoms with Crippen molar-refractivity contribution < 1.29 is 27.9 Å². The zero-order valence-corrected chi connectivity index (χ0v) is 18.6. The number of phenolic OH excluding ortho intramolecular Hbond substituents is 1. The van der Waals surface area contributed by atoms with E-state index in [0.29, 0.717) is 30.4 Å². The first-order valence-electron chi connectivity index (χ1n) is 11.0. The summed E-state index contributed by atoms with van der Waals surface area (Å²) >= 11 is 0. The summed E-state index contributed by atoms with van der Waals surface area (Å²) in [5.74, 6) is -0.0219. The average Bonchev–Trinajstić information content (AvgIpc) is 2.83. The van der Waals surface area contributed by atoms with E-state index in [-0.39, 0.29) is 37.0 Å². The third kappa shape index (κ3) is 7.47. The van der Waals surface area contributed by atoms with Gasteiger partial charge in [0.1, 0.15) is 5.75 Å². The summed E-state index contributed by atoms with van der Waals surface area (Å²) in [6.07, 6.45) is -2.77. The van der Waals surface area contributed by atoms with Gasteiger partial charge in [0.25, 0.3) is 0 Å². The predicted molar refractivity (Wildman–Crippen MR) is 123 cm³/mol. The van der Waals surface area contributed by atoms with Gasteiger partial charge in [-0.15, -0.1) is 0 Å². The van der Waals surface area contributed by atoms with Crippen molar-refractivity contribution in [3.63, 3.8) is 0 Å². The summed E-state index contributed by atoms with van der Waals surface area (Å²) in [6, 6.07) is 20.2. The van der Waals surface area contributed by atoms with Gasteiger partial charge >= 0.3 is 6.18 Å². The Morgan fingerprint density at radius 2 is 1.26 bits per heavy atom. The maximum absolute atomic E-state index is 13.0. The lowest BCUT2D eigenvalue weighted by Crippen LogP contribution is -2.30. The van der Waals surface area contributed by atoms with Crippen LogP contribution in [-0.4, -0.2) is 21.7 Å². The molecule has 0 unspecified atom stereocenters. The highest BCUT2D eigenvalue weighted by Gasteiger charge is 2.30. The van der Waals surface area contributed by atoms with Gasteiger partial charge in [-0.1, -0.05) is 54.6 Å². The Morgan fingerprint density at radius 1 is 0.735 bits per heavy atom. The Balaban J connectivity index is 1.61. The molecule has 0 saturated heterocycles. The SMILES string of the molecule is O=C(CCCCC(=O)N(Cc1ccc(O)cc1)Cc1ccc(C(F)(F)F)cc1)c1ccccc1. The van der Waals surface area contributed by atoms with Crippen molar-refractivity contribution in [3.05, 3.63) is 101 Å². The number of phenols is 1. The normalized spacial score (nSPS) is 11.3. The van der Waals surface area contributed by atoms with Gasteiger partial charge < -0.3 is 10.0 Å². The highest BCUT2D eigenvalue weighted by Crippen LogP contribution is 2.29. The van der Waals surface area contributed by atoms with E-state index in [2.05, 4.69) is 0 Å². The van der Waals surface area contributed by atoms with Gasteiger partial charge in [-0.25, -0.2) is 0 Å². The van der Waals surface area contributed by atoms with Crippen LogP contribution in [0, 0.1) is 0 Å². The molecule has 178 valence electrons. The molecule has 1 N–H and O–H groups in total. The molecule has 3 rings (SSSR count). The van der Waals surface area contributed by atoms with Gasteiger partial charge in [0.15, 0.2) is 5.78 Å². The molecule has 0 atom stereocenters. The molecule has 0 aliphatic rings. The minimum atomic E-state index is -4.42. The number of carbonyl (C=O) groups excluding carboxylic acids is 2. The topological polar surface area (TPSA) is 57.6 Å². The minimum absolute atomic E-state index is 0.0266. The second kappa shape index (κ2) is 11.5. The van der Waals surface area contributed by atoms with Crippen LogP contribution in [0.4, 0.5) is 13.2 Å². The number of benzene rings is 3. The molecule has 3 aromatic rings. The Bertz CT molecular complexity index is 1080. The van der Waals surface area contributed by atoms with Crippen LogP contribution in [0.2, 0.25) is 0 Å².